The molecule has 0 fully saturated rings. The van der Waals surface area contributed by atoms with Crippen molar-refractivity contribution < 1.29 is 23.9 Å². The Bertz CT molecular complexity index is 1030. The molecule has 3 amide bonds. The van der Waals surface area contributed by atoms with E-state index in [1.54, 1.807) is 38.4 Å². The van der Waals surface area contributed by atoms with Crippen LogP contribution in [0.2, 0.25) is 0 Å². The summed E-state index contributed by atoms with van der Waals surface area (Å²) in [5.74, 6) is -1.56. The Morgan fingerprint density at radius 3 is 2.24 bits per heavy atom. The van der Waals surface area contributed by atoms with Crippen molar-refractivity contribution in [1.29, 1.82) is 0 Å². The van der Waals surface area contributed by atoms with Crippen molar-refractivity contribution in [3.8, 4) is 0 Å². The molecule has 0 bridgehead atoms. The molecule has 2 aromatic rings. The summed E-state index contributed by atoms with van der Waals surface area (Å²) in [4.78, 5) is 50.6. The number of carbonyl (C=O) groups is 4. The fourth-order valence-corrected chi connectivity index (χ4v) is 4.05. The second-order valence-corrected chi connectivity index (χ2v) is 8.76. The van der Waals surface area contributed by atoms with Crippen molar-refractivity contribution in [3.05, 3.63) is 58.7 Å². The van der Waals surface area contributed by atoms with Gasteiger partial charge in [0, 0.05) is 24.7 Å². The van der Waals surface area contributed by atoms with E-state index in [-0.39, 0.29) is 29.7 Å². The zero-order chi connectivity index (χ0) is 24.5. The standard InChI is InChI=1S/C24H29N3O5S/c1-15-10-16(2)23(17(3)11-15)26-20(28)12-25-21(29)13-32-24(31)18-8-6-7-9-19(18)33-14-22(30)27(4)5/h6-11H,12-14H2,1-5H3,(H,25,29)(H,26,28). The Hall–Kier alpha value is -3.33. The number of hydrogen-bond donors (Lipinski definition) is 2. The van der Waals surface area contributed by atoms with E-state index in [0.29, 0.717) is 10.6 Å². The Kier molecular flexibility index (Phi) is 9.47. The first kappa shape index (κ1) is 25.9. The highest BCUT2D eigenvalue weighted by Crippen LogP contribution is 2.24. The summed E-state index contributed by atoms with van der Waals surface area (Å²) in [5, 5.41) is 5.24. The summed E-state index contributed by atoms with van der Waals surface area (Å²) < 4.78 is 5.10. The van der Waals surface area contributed by atoms with Gasteiger partial charge < -0.3 is 20.3 Å². The molecule has 0 aliphatic heterocycles. The van der Waals surface area contributed by atoms with Crippen molar-refractivity contribution >= 4 is 41.1 Å². The minimum absolute atomic E-state index is 0.0863. The lowest BCUT2D eigenvalue weighted by atomic mass is 10.1. The molecule has 0 aliphatic rings. The van der Waals surface area contributed by atoms with Gasteiger partial charge in [-0.3, -0.25) is 14.4 Å². The molecule has 0 aromatic heterocycles. The third-order valence-corrected chi connectivity index (χ3v) is 5.74. The number of rotatable bonds is 9. The minimum atomic E-state index is -0.680. The van der Waals surface area contributed by atoms with Gasteiger partial charge >= 0.3 is 5.97 Å². The van der Waals surface area contributed by atoms with Gasteiger partial charge in [-0.05, 0) is 44.0 Å². The van der Waals surface area contributed by atoms with Gasteiger partial charge in [0.05, 0.1) is 17.9 Å². The number of nitrogens with zero attached hydrogens (tertiary/aromatic N) is 1. The third kappa shape index (κ3) is 7.94. The van der Waals surface area contributed by atoms with Gasteiger partial charge in [0.2, 0.25) is 11.8 Å². The first-order valence-electron chi connectivity index (χ1n) is 10.3. The SMILES string of the molecule is Cc1cc(C)c(NC(=O)CNC(=O)COC(=O)c2ccccc2SCC(=O)N(C)C)c(C)c1. The molecule has 8 nitrogen and oxygen atoms in total. The first-order chi connectivity index (χ1) is 15.6. The summed E-state index contributed by atoms with van der Waals surface area (Å²) in [6.07, 6.45) is 0. The van der Waals surface area contributed by atoms with E-state index in [1.807, 2.05) is 32.9 Å². The van der Waals surface area contributed by atoms with Gasteiger partial charge in [-0.2, -0.15) is 0 Å². The smallest absolute Gasteiger partial charge is 0.339 e. The van der Waals surface area contributed by atoms with Crippen LogP contribution in [0.5, 0.6) is 0 Å². The highest BCUT2D eigenvalue weighted by Gasteiger charge is 2.16. The molecule has 0 heterocycles. The number of ether oxygens (including phenoxy) is 1. The molecule has 0 radical (unpaired) electrons. The number of anilines is 1. The topological polar surface area (TPSA) is 105 Å². The van der Waals surface area contributed by atoms with Crippen LogP contribution in [0.1, 0.15) is 27.0 Å². The Labute approximate surface area is 198 Å². The van der Waals surface area contributed by atoms with E-state index in [0.717, 1.165) is 16.7 Å². The van der Waals surface area contributed by atoms with Gasteiger partial charge in [-0.25, -0.2) is 4.79 Å². The van der Waals surface area contributed by atoms with E-state index in [1.165, 1.54) is 16.7 Å². The van der Waals surface area contributed by atoms with Crippen LogP contribution < -0.4 is 10.6 Å². The van der Waals surface area contributed by atoms with E-state index < -0.39 is 18.5 Å². The Balaban J connectivity index is 1.85. The molecule has 0 saturated carbocycles. The predicted molar refractivity (Wildman–Crippen MR) is 128 cm³/mol. The molecule has 2 rings (SSSR count). The second kappa shape index (κ2) is 12.1. The number of aryl methyl sites for hydroxylation is 3. The van der Waals surface area contributed by atoms with Crippen molar-refractivity contribution in [3.63, 3.8) is 0 Å². The van der Waals surface area contributed by atoms with Crippen LogP contribution in [0.25, 0.3) is 0 Å². The van der Waals surface area contributed by atoms with Crippen LogP contribution in [-0.2, 0) is 19.1 Å². The van der Waals surface area contributed by atoms with E-state index in [2.05, 4.69) is 10.6 Å². The van der Waals surface area contributed by atoms with Crippen molar-refractivity contribution in [2.24, 2.45) is 0 Å². The molecule has 0 saturated heterocycles. The average molecular weight is 472 g/mol. The Morgan fingerprint density at radius 2 is 1.61 bits per heavy atom. The zero-order valence-corrected chi connectivity index (χ0v) is 20.3. The largest absolute Gasteiger partial charge is 0.452 e. The summed E-state index contributed by atoms with van der Waals surface area (Å²) >= 11 is 1.22. The fourth-order valence-electron chi connectivity index (χ4n) is 3.03. The maximum absolute atomic E-state index is 12.4. The van der Waals surface area contributed by atoms with E-state index in [9.17, 15) is 19.2 Å². The third-order valence-electron chi connectivity index (χ3n) is 4.68. The molecule has 2 N–H and O–H groups in total. The first-order valence-corrected chi connectivity index (χ1v) is 11.3. The van der Waals surface area contributed by atoms with E-state index >= 15 is 0 Å². The number of carbonyl (C=O) groups excluding carboxylic acids is 4. The van der Waals surface area contributed by atoms with E-state index in [4.69, 9.17) is 4.74 Å². The highest BCUT2D eigenvalue weighted by atomic mass is 32.2. The van der Waals surface area contributed by atoms with Crippen LogP contribution in [-0.4, -0.2) is 61.6 Å². The molecule has 9 heteroatoms. The van der Waals surface area contributed by atoms with Crippen LogP contribution in [0, 0.1) is 20.8 Å². The van der Waals surface area contributed by atoms with Gasteiger partial charge in [-0.1, -0.05) is 29.8 Å². The van der Waals surface area contributed by atoms with Crippen LogP contribution in [0.3, 0.4) is 0 Å². The number of benzene rings is 2. The molecular weight excluding hydrogens is 442 g/mol. The number of thioether (sulfide) groups is 1. The van der Waals surface area contributed by atoms with Gasteiger partial charge in [0.15, 0.2) is 6.61 Å². The highest BCUT2D eigenvalue weighted by molar-refractivity contribution is 8.00. The molecule has 0 atom stereocenters. The van der Waals surface area contributed by atoms with Gasteiger partial charge in [-0.15, -0.1) is 11.8 Å². The number of hydrogen-bond acceptors (Lipinski definition) is 6. The maximum Gasteiger partial charge on any atom is 0.339 e. The van der Waals surface area contributed by atoms with Crippen molar-refractivity contribution in [1.82, 2.24) is 10.2 Å². The van der Waals surface area contributed by atoms with Crippen LogP contribution in [0.15, 0.2) is 41.3 Å². The molecule has 0 spiro atoms. The lowest BCUT2D eigenvalue weighted by Crippen LogP contribution is -2.35. The lowest BCUT2D eigenvalue weighted by Gasteiger charge is -2.13. The van der Waals surface area contributed by atoms with Crippen molar-refractivity contribution in [2.75, 3.05) is 38.3 Å². The number of nitrogens with one attached hydrogen (secondary N) is 2. The average Bonchev–Trinajstić information content (AvgIpc) is 2.76. The van der Waals surface area contributed by atoms with Gasteiger partial charge in [0.25, 0.3) is 5.91 Å². The minimum Gasteiger partial charge on any atom is -0.452 e. The fraction of sp³-hybridized carbons (Fsp3) is 0.333. The summed E-state index contributed by atoms with van der Waals surface area (Å²) in [7, 11) is 3.32. The summed E-state index contributed by atoms with van der Waals surface area (Å²) in [6, 6.07) is 10.6. The number of esters is 1. The predicted octanol–water partition coefficient (Wildman–Crippen LogP) is 2.70. The normalized spacial score (nSPS) is 10.3. The monoisotopic (exact) mass is 471 g/mol. The molecule has 2 aromatic carbocycles. The Morgan fingerprint density at radius 1 is 0.970 bits per heavy atom. The van der Waals surface area contributed by atoms with Crippen molar-refractivity contribution in [2.45, 2.75) is 25.7 Å². The molecule has 0 unspecified atom stereocenters. The quantitative estimate of drug-likeness (QED) is 0.430. The van der Waals surface area contributed by atoms with Crippen LogP contribution >= 0.6 is 11.8 Å². The molecule has 33 heavy (non-hydrogen) atoms. The van der Waals surface area contributed by atoms with Gasteiger partial charge in [0.1, 0.15) is 0 Å². The second-order valence-electron chi connectivity index (χ2n) is 7.75. The number of amides is 3. The molecule has 0 aliphatic carbocycles. The summed E-state index contributed by atoms with van der Waals surface area (Å²) in [5.41, 5.74) is 3.95. The maximum atomic E-state index is 12.4. The molecule has 176 valence electrons. The summed E-state index contributed by atoms with van der Waals surface area (Å²) in [6.45, 7) is 5.01. The lowest BCUT2D eigenvalue weighted by molar-refractivity contribution is -0.126. The van der Waals surface area contributed by atoms with Crippen LogP contribution in [0.4, 0.5) is 5.69 Å². The molecular formula is C24H29N3O5S. The zero-order valence-electron chi connectivity index (χ0n) is 19.5.